The smallest absolute Gasteiger partial charge is 0.0595 e. The first-order chi connectivity index (χ1) is 6.72. The number of hydrogen-bond donors (Lipinski definition) is 1. The molecule has 1 N–H and O–H groups in total. The Kier molecular flexibility index (Phi) is 2.93. The fraction of sp³-hybridized carbons (Fsp3) is 0.455. The van der Waals surface area contributed by atoms with Crippen molar-refractivity contribution in [3.8, 4) is 0 Å². The van der Waals surface area contributed by atoms with E-state index in [4.69, 9.17) is 23.2 Å². The van der Waals surface area contributed by atoms with Crippen LogP contribution in [0.1, 0.15) is 12.0 Å². The molecule has 15 heavy (non-hydrogen) atoms. The van der Waals surface area contributed by atoms with Gasteiger partial charge >= 0.3 is 0 Å². The molecule has 3 rings (SSSR count). The van der Waals surface area contributed by atoms with Gasteiger partial charge < -0.3 is 5.32 Å². The van der Waals surface area contributed by atoms with Crippen LogP contribution in [0.3, 0.4) is 0 Å². The van der Waals surface area contributed by atoms with E-state index in [1.165, 1.54) is 12.0 Å². The van der Waals surface area contributed by atoms with E-state index in [9.17, 15) is 0 Å². The molecule has 1 aromatic carbocycles. The highest BCUT2D eigenvalue weighted by Gasteiger charge is 2.57. The molecular weight excluding hydrogens is 252 g/mol. The molecule has 0 aromatic heterocycles. The number of hydrogen-bond acceptors (Lipinski definition) is 1. The zero-order valence-corrected chi connectivity index (χ0v) is 10.4. The maximum atomic E-state index is 6.02. The van der Waals surface area contributed by atoms with Gasteiger partial charge in [-0.1, -0.05) is 29.3 Å². The Labute approximate surface area is 106 Å². The normalized spacial score (nSPS) is 32.0. The van der Waals surface area contributed by atoms with E-state index in [1.807, 2.05) is 12.1 Å². The Bertz CT molecular complexity index is 393. The first kappa shape index (κ1) is 11.5. The summed E-state index contributed by atoms with van der Waals surface area (Å²) < 4.78 is 0. The zero-order valence-electron chi connectivity index (χ0n) is 8.09. The van der Waals surface area contributed by atoms with Crippen molar-refractivity contribution in [3.05, 3.63) is 33.8 Å². The molecule has 1 heterocycles. The topological polar surface area (TPSA) is 12.0 Å². The lowest BCUT2D eigenvalue weighted by Crippen LogP contribution is -2.19. The van der Waals surface area contributed by atoms with Crippen molar-refractivity contribution in [1.82, 2.24) is 5.32 Å². The lowest BCUT2D eigenvalue weighted by molar-refractivity contribution is 0.676. The highest BCUT2D eigenvalue weighted by molar-refractivity contribution is 6.42. The molecule has 1 saturated heterocycles. The Morgan fingerprint density at radius 3 is 2.60 bits per heavy atom. The summed E-state index contributed by atoms with van der Waals surface area (Å²) in [6.07, 6.45) is 1.30. The van der Waals surface area contributed by atoms with Crippen molar-refractivity contribution in [1.29, 1.82) is 0 Å². The fourth-order valence-electron chi connectivity index (χ4n) is 2.60. The van der Waals surface area contributed by atoms with Gasteiger partial charge in [0.15, 0.2) is 0 Å². The molecule has 82 valence electrons. The summed E-state index contributed by atoms with van der Waals surface area (Å²) in [5, 5.41) is 4.74. The third-order valence-electron chi connectivity index (χ3n) is 3.56. The van der Waals surface area contributed by atoms with Crippen LogP contribution in [-0.4, -0.2) is 13.1 Å². The van der Waals surface area contributed by atoms with Crippen LogP contribution < -0.4 is 5.32 Å². The average molecular weight is 265 g/mol. The van der Waals surface area contributed by atoms with E-state index >= 15 is 0 Å². The monoisotopic (exact) mass is 263 g/mol. The zero-order chi connectivity index (χ0) is 9.76. The van der Waals surface area contributed by atoms with Crippen molar-refractivity contribution in [2.24, 2.45) is 5.92 Å². The number of benzene rings is 1. The van der Waals surface area contributed by atoms with Gasteiger partial charge in [0.05, 0.1) is 10.0 Å². The quantitative estimate of drug-likeness (QED) is 0.821. The van der Waals surface area contributed by atoms with Gasteiger partial charge in [-0.3, -0.25) is 0 Å². The summed E-state index contributed by atoms with van der Waals surface area (Å²) in [5.41, 5.74) is 1.73. The highest BCUT2D eigenvalue weighted by Crippen LogP contribution is 2.56. The van der Waals surface area contributed by atoms with Gasteiger partial charge in [0.1, 0.15) is 0 Å². The van der Waals surface area contributed by atoms with Crippen LogP contribution in [-0.2, 0) is 5.41 Å². The van der Waals surface area contributed by atoms with E-state index in [1.54, 1.807) is 0 Å². The van der Waals surface area contributed by atoms with Gasteiger partial charge in [0, 0.05) is 12.0 Å². The van der Waals surface area contributed by atoms with Gasteiger partial charge in [0.2, 0.25) is 0 Å². The molecule has 1 saturated carbocycles. The fourth-order valence-corrected chi connectivity index (χ4v) is 2.89. The van der Waals surface area contributed by atoms with Crippen molar-refractivity contribution in [2.75, 3.05) is 13.1 Å². The minimum Gasteiger partial charge on any atom is -0.316 e. The van der Waals surface area contributed by atoms with Crippen LogP contribution in [0, 0.1) is 5.92 Å². The second-order valence-corrected chi connectivity index (χ2v) is 5.13. The van der Waals surface area contributed by atoms with Crippen LogP contribution in [0.4, 0.5) is 0 Å². The second kappa shape index (κ2) is 3.81. The molecule has 0 unspecified atom stereocenters. The van der Waals surface area contributed by atoms with Crippen molar-refractivity contribution < 1.29 is 0 Å². The second-order valence-electron chi connectivity index (χ2n) is 4.32. The van der Waals surface area contributed by atoms with E-state index in [-0.39, 0.29) is 12.4 Å². The van der Waals surface area contributed by atoms with Gasteiger partial charge in [-0.25, -0.2) is 0 Å². The van der Waals surface area contributed by atoms with E-state index < -0.39 is 0 Å². The van der Waals surface area contributed by atoms with Crippen molar-refractivity contribution >= 4 is 35.6 Å². The molecular formula is C11H12Cl3N. The van der Waals surface area contributed by atoms with Crippen molar-refractivity contribution in [3.63, 3.8) is 0 Å². The number of fused-ring (bicyclic) bond motifs is 1. The van der Waals surface area contributed by atoms with E-state index in [0.29, 0.717) is 15.5 Å². The summed E-state index contributed by atoms with van der Waals surface area (Å²) in [7, 11) is 0. The maximum Gasteiger partial charge on any atom is 0.0595 e. The third-order valence-corrected chi connectivity index (χ3v) is 4.30. The molecule has 1 nitrogen and oxygen atoms in total. The average Bonchev–Trinajstić information content (AvgIpc) is 2.75. The number of rotatable bonds is 1. The largest absolute Gasteiger partial charge is 0.316 e. The summed E-state index contributed by atoms with van der Waals surface area (Å²) in [6.45, 7) is 2.25. The number of piperidine rings is 1. The molecule has 0 bridgehead atoms. The Morgan fingerprint density at radius 1 is 1.27 bits per heavy atom. The summed E-state index contributed by atoms with van der Waals surface area (Å²) in [5.74, 6) is 0.819. The molecule has 2 aliphatic rings. The minimum atomic E-state index is 0. The Hall–Kier alpha value is 0.0500. The predicted molar refractivity (Wildman–Crippen MR) is 66.4 cm³/mol. The molecule has 1 aromatic rings. The first-order valence-corrected chi connectivity index (χ1v) is 5.64. The van der Waals surface area contributed by atoms with Gasteiger partial charge in [0.25, 0.3) is 0 Å². The van der Waals surface area contributed by atoms with Crippen LogP contribution in [0.15, 0.2) is 18.2 Å². The van der Waals surface area contributed by atoms with Gasteiger partial charge in [-0.15, -0.1) is 12.4 Å². The Balaban J connectivity index is 0.000000853. The summed E-state index contributed by atoms with van der Waals surface area (Å²) in [6, 6.07) is 6.04. The lowest BCUT2D eigenvalue weighted by atomic mass is 9.95. The Morgan fingerprint density at radius 2 is 2.07 bits per heavy atom. The molecule has 1 aliphatic heterocycles. The third kappa shape index (κ3) is 1.66. The summed E-state index contributed by atoms with van der Waals surface area (Å²) in [4.78, 5) is 0. The van der Waals surface area contributed by atoms with E-state index in [2.05, 4.69) is 11.4 Å². The minimum absolute atomic E-state index is 0. The molecule has 4 heteroatoms. The molecule has 0 radical (unpaired) electrons. The molecule has 0 spiro atoms. The maximum absolute atomic E-state index is 6.02. The van der Waals surface area contributed by atoms with Crippen LogP contribution in [0.5, 0.6) is 0 Å². The molecule has 2 fully saturated rings. The SMILES string of the molecule is Cl.Clc1ccc([C@]23CNC[C@@H]2C3)cc1Cl. The number of nitrogens with one attached hydrogen (secondary N) is 1. The highest BCUT2D eigenvalue weighted by atomic mass is 35.5. The molecule has 0 amide bonds. The van der Waals surface area contributed by atoms with Crippen LogP contribution in [0.25, 0.3) is 0 Å². The van der Waals surface area contributed by atoms with Gasteiger partial charge in [-0.2, -0.15) is 0 Å². The number of halogens is 3. The molecule has 2 atom stereocenters. The van der Waals surface area contributed by atoms with E-state index in [0.717, 1.165) is 19.0 Å². The van der Waals surface area contributed by atoms with Crippen LogP contribution >= 0.6 is 35.6 Å². The lowest BCUT2D eigenvalue weighted by Gasteiger charge is -2.12. The standard InChI is InChI=1S/C11H11Cl2N.ClH/c12-9-2-1-7(3-10(9)13)11-4-8(11)5-14-6-11;/h1-3,8,14H,4-6H2;1H/t8-,11-;/m0./s1. The summed E-state index contributed by atoms with van der Waals surface area (Å²) >= 11 is 11.9. The van der Waals surface area contributed by atoms with Crippen molar-refractivity contribution in [2.45, 2.75) is 11.8 Å². The molecule has 1 aliphatic carbocycles. The van der Waals surface area contributed by atoms with Gasteiger partial charge in [-0.05, 0) is 36.6 Å². The predicted octanol–water partition coefficient (Wildman–Crippen LogP) is 3.28. The van der Waals surface area contributed by atoms with Crippen LogP contribution in [0.2, 0.25) is 10.0 Å². The first-order valence-electron chi connectivity index (χ1n) is 4.89.